The van der Waals surface area contributed by atoms with Crippen molar-refractivity contribution in [3.8, 4) is 0 Å². The van der Waals surface area contributed by atoms with Gasteiger partial charge in [0.15, 0.2) is 0 Å². The summed E-state index contributed by atoms with van der Waals surface area (Å²) in [5.74, 6) is 0. The maximum Gasteiger partial charge on any atom is 0.341 e. The minimum absolute atomic E-state index is 0.699. The average molecular weight is 444 g/mol. The summed E-state index contributed by atoms with van der Waals surface area (Å²) in [7, 11) is 0. The Hall–Kier alpha value is 0.787. The summed E-state index contributed by atoms with van der Waals surface area (Å²) in [6.45, 7) is 3.85. The van der Waals surface area contributed by atoms with E-state index < -0.39 is 6.00 Å². The highest BCUT2D eigenvalue weighted by Crippen LogP contribution is 2.26. The summed E-state index contributed by atoms with van der Waals surface area (Å²) < 4.78 is 5.59. The molecule has 0 heterocycles. The van der Waals surface area contributed by atoms with Crippen molar-refractivity contribution in [2.24, 2.45) is 0 Å². The Labute approximate surface area is 178 Å². The number of unbranched alkanes of at least 4 members (excludes halogenated alkanes) is 12. The lowest BCUT2D eigenvalue weighted by molar-refractivity contribution is 0.130. The van der Waals surface area contributed by atoms with Crippen LogP contribution in [-0.2, 0) is 4.74 Å². The Morgan fingerprint density at radius 3 is 1.62 bits per heavy atom. The van der Waals surface area contributed by atoms with Crippen LogP contribution in [0.5, 0.6) is 0 Å². The van der Waals surface area contributed by atoms with Crippen molar-refractivity contribution < 1.29 is 4.74 Å². The molecule has 0 saturated carbocycles. The fourth-order valence-corrected chi connectivity index (χ4v) is 4.68. The molecule has 0 aromatic heterocycles. The number of halogens is 3. The summed E-state index contributed by atoms with van der Waals surface area (Å²) >= 11 is 17.5. The van der Waals surface area contributed by atoms with Crippen molar-refractivity contribution in [1.29, 1.82) is 0 Å². The largest absolute Gasteiger partial charge is 0.381 e. The molecule has 0 rings (SSSR count). The lowest BCUT2D eigenvalue weighted by Crippen LogP contribution is -2.10. The quantitative estimate of drug-likeness (QED) is 0.0788. The molecule has 0 aromatic rings. The van der Waals surface area contributed by atoms with Crippen LogP contribution in [0.15, 0.2) is 12.2 Å². The SMILES string of the molecule is CCCCCCCC/C=C\CCCCCCCCOCCC[Si](Cl)(Cl)Cl. The molecule has 0 aliphatic rings. The van der Waals surface area contributed by atoms with Gasteiger partial charge in [0, 0.05) is 13.2 Å². The zero-order valence-electron chi connectivity index (χ0n) is 16.9. The molecular formula is C21H41Cl3OSi. The molecule has 0 unspecified atom stereocenters. The third kappa shape index (κ3) is 24.8. The normalized spacial score (nSPS) is 12.3. The number of allylic oxidation sites excluding steroid dienone is 2. The van der Waals surface area contributed by atoms with Crippen molar-refractivity contribution >= 4 is 39.2 Å². The van der Waals surface area contributed by atoms with Gasteiger partial charge in [-0.2, -0.15) is 0 Å². The zero-order chi connectivity index (χ0) is 19.3. The van der Waals surface area contributed by atoms with Gasteiger partial charge in [-0.05, 0) is 44.6 Å². The lowest BCUT2D eigenvalue weighted by atomic mass is 10.1. The highest BCUT2D eigenvalue weighted by atomic mass is 35.8. The van der Waals surface area contributed by atoms with Gasteiger partial charge >= 0.3 is 6.00 Å². The molecule has 0 N–H and O–H groups in total. The molecule has 0 radical (unpaired) electrons. The van der Waals surface area contributed by atoms with Crippen LogP contribution >= 0.6 is 33.2 Å². The smallest absolute Gasteiger partial charge is 0.341 e. The lowest BCUT2D eigenvalue weighted by Gasteiger charge is -2.07. The third-order valence-corrected chi connectivity index (χ3v) is 7.17. The van der Waals surface area contributed by atoms with Crippen LogP contribution in [-0.4, -0.2) is 19.2 Å². The maximum absolute atomic E-state index is 5.83. The van der Waals surface area contributed by atoms with Crippen molar-refractivity contribution in [3.05, 3.63) is 12.2 Å². The van der Waals surface area contributed by atoms with Crippen LogP contribution < -0.4 is 0 Å². The van der Waals surface area contributed by atoms with Gasteiger partial charge in [-0.1, -0.05) is 76.9 Å². The molecule has 0 bridgehead atoms. The van der Waals surface area contributed by atoms with Crippen LogP contribution in [0.25, 0.3) is 0 Å². The van der Waals surface area contributed by atoms with Gasteiger partial charge in [0.05, 0.1) is 0 Å². The van der Waals surface area contributed by atoms with Crippen LogP contribution in [0.4, 0.5) is 0 Å². The molecule has 0 saturated heterocycles. The van der Waals surface area contributed by atoms with Gasteiger partial charge in [-0.3, -0.25) is 0 Å². The minimum atomic E-state index is -2.44. The Kier molecular flexibility index (Phi) is 21.1. The monoisotopic (exact) mass is 442 g/mol. The highest BCUT2D eigenvalue weighted by Gasteiger charge is 2.23. The molecule has 0 aromatic carbocycles. The van der Waals surface area contributed by atoms with E-state index in [0.717, 1.165) is 26.1 Å². The predicted molar refractivity (Wildman–Crippen MR) is 123 cm³/mol. The van der Waals surface area contributed by atoms with E-state index in [4.69, 9.17) is 38.0 Å². The molecule has 0 aliphatic heterocycles. The number of rotatable bonds is 20. The first-order valence-electron chi connectivity index (χ1n) is 10.9. The van der Waals surface area contributed by atoms with Gasteiger partial charge in [-0.15, -0.1) is 33.2 Å². The molecule has 0 spiro atoms. The third-order valence-electron chi connectivity index (χ3n) is 4.55. The van der Waals surface area contributed by atoms with E-state index >= 15 is 0 Å². The predicted octanol–water partition coefficient (Wildman–Crippen LogP) is 9.09. The molecule has 0 aliphatic carbocycles. The summed E-state index contributed by atoms with van der Waals surface area (Å²) in [6.07, 6.45) is 24.3. The molecule has 0 atom stereocenters. The number of hydrogen-bond donors (Lipinski definition) is 0. The van der Waals surface area contributed by atoms with Crippen LogP contribution in [0.2, 0.25) is 6.04 Å². The van der Waals surface area contributed by atoms with Crippen LogP contribution in [0.3, 0.4) is 0 Å². The minimum Gasteiger partial charge on any atom is -0.381 e. The summed E-state index contributed by atoms with van der Waals surface area (Å²) in [5.41, 5.74) is 0. The van der Waals surface area contributed by atoms with Crippen molar-refractivity contribution in [2.45, 2.75) is 109 Å². The van der Waals surface area contributed by atoms with Crippen LogP contribution in [0, 0.1) is 0 Å². The van der Waals surface area contributed by atoms with E-state index in [-0.39, 0.29) is 0 Å². The Morgan fingerprint density at radius 2 is 1.08 bits per heavy atom. The topological polar surface area (TPSA) is 9.23 Å². The van der Waals surface area contributed by atoms with Gasteiger partial charge < -0.3 is 4.74 Å². The average Bonchev–Trinajstić information content (AvgIpc) is 2.59. The van der Waals surface area contributed by atoms with E-state index in [1.807, 2.05) is 0 Å². The molecule has 156 valence electrons. The summed E-state index contributed by atoms with van der Waals surface area (Å²) in [5, 5.41) is 0. The molecule has 0 fully saturated rings. The second-order valence-corrected chi connectivity index (χ2v) is 16.5. The molecule has 5 heteroatoms. The summed E-state index contributed by atoms with van der Waals surface area (Å²) in [6, 6.07) is -1.74. The Morgan fingerprint density at radius 1 is 0.615 bits per heavy atom. The first kappa shape index (κ1) is 26.8. The van der Waals surface area contributed by atoms with Crippen molar-refractivity contribution in [3.63, 3.8) is 0 Å². The van der Waals surface area contributed by atoms with E-state index in [1.54, 1.807) is 0 Å². The van der Waals surface area contributed by atoms with Gasteiger partial charge in [0.1, 0.15) is 0 Å². The summed E-state index contributed by atoms with van der Waals surface area (Å²) in [4.78, 5) is 0. The van der Waals surface area contributed by atoms with Crippen LogP contribution in [0.1, 0.15) is 103 Å². The molecule has 0 amide bonds. The number of ether oxygens (including phenoxy) is 1. The van der Waals surface area contributed by atoms with Crippen molar-refractivity contribution in [2.75, 3.05) is 13.2 Å². The van der Waals surface area contributed by atoms with E-state index in [1.165, 1.54) is 83.5 Å². The van der Waals surface area contributed by atoms with E-state index in [9.17, 15) is 0 Å². The molecular weight excluding hydrogens is 403 g/mol. The highest BCUT2D eigenvalue weighted by molar-refractivity contribution is 7.64. The van der Waals surface area contributed by atoms with E-state index in [2.05, 4.69) is 19.1 Å². The standard InChI is InChI=1S/C21H41Cl3OSi/c1-2-3-4-5-6-7-8-9-10-11-12-13-14-15-16-17-19-25-20-18-21-26(22,23)24/h9-10H,2-8,11-21H2,1H3/b10-9-. The second kappa shape index (κ2) is 20.5. The van der Waals surface area contributed by atoms with Crippen molar-refractivity contribution in [1.82, 2.24) is 0 Å². The molecule has 1 nitrogen and oxygen atoms in total. The van der Waals surface area contributed by atoms with Gasteiger partial charge in [0.25, 0.3) is 0 Å². The first-order valence-corrected chi connectivity index (χ1v) is 16.1. The first-order chi connectivity index (χ1) is 12.6. The Balaban J connectivity index is 3.10. The zero-order valence-corrected chi connectivity index (χ0v) is 20.2. The fourth-order valence-electron chi connectivity index (χ4n) is 2.93. The fraction of sp³-hybridized carbons (Fsp3) is 0.905. The Bertz CT molecular complexity index is 306. The van der Waals surface area contributed by atoms with Gasteiger partial charge in [-0.25, -0.2) is 0 Å². The number of hydrogen-bond acceptors (Lipinski definition) is 1. The van der Waals surface area contributed by atoms with Gasteiger partial charge in [0.2, 0.25) is 0 Å². The second-order valence-electron chi connectivity index (χ2n) is 7.27. The van der Waals surface area contributed by atoms with E-state index in [0.29, 0.717) is 6.04 Å². The maximum atomic E-state index is 5.83. The molecule has 26 heavy (non-hydrogen) atoms.